The lowest BCUT2D eigenvalue weighted by molar-refractivity contribution is 1.19. The van der Waals surface area contributed by atoms with Gasteiger partial charge in [-0.25, -0.2) is 29.9 Å². The first-order valence-corrected chi connectivity index (χ1v) is 13.0. The lowest BCUT2D eigenvalue weighted by Crippen LogP contribution is -1.82. The van der Waals surface area contributed by atoms with E-state index in [-0.39, 0.29) is 9.90 Å². The second-order valence-corrected chi connectivity index (χ2v) is 9.79. The van der Waals surface area contributed by atoms with Crippen molar-refractivity contribution in [2.75, 3.05) is 0 Å². The van der Waals surface area contributed by atoms with Gasteiger partial charge in [-0.05, 0) is 0 Å². The minimum Gasteiger partial charge on any atom is -0.324 e. The Hall–Kier alpha value is -5.33. The molecule has 0 fully saturated rings. The molecule has 1 unspecified atom stereocenters. The summed E-state index contributed by atoms with van der Waals surface area (Å²) in [6, 6.07) is 32.2. The van der Waals surface area contributed by atoms with Crippen molar-refractivity contribution in [3.63, 3.8) is 0 Å². The van der Waals surface area contributed by atoms with E-state index < -0.39 is 0 Å². The van der Waals surface area contributed by atoms with Crippen LogP contribution in [0.4, 0.5) is 0 Å². The molecular weight excluding hydrogens is 527 g/mol. The van der Waals surface area contributed by atoms with E-state index in [4.69, 9.17) is 29.9 Å². The van der Waals surface area contributed by atoms with Gasteiger partial charge < -0.3 is 9.97 Å². The molecule has 0 radical (unpaired) electrons. The van der Waals surface area contributed by atoms with Crippen molar-refractivity contribution in [1.29, 1.82) is 0 Å². The van der Waals surface area contributed by atoms with Gasteiger partial charge in [0.25, 0.3) is 0 Å². The lowest BCUT2D eigenvalue weighted by Gasteiger charge is -1.96. The third-order valence-corrected chi connectivity index (χ3v) is 7.46. The molecule has 9 heteroatoms. The fourth-order valence-corrected chi connectivity index (χ4v) is 5.59. The first kappa shape index (κ1) is 23.5. The van der Waals surface area contributed by atoms with Crippen LogP contribution in [0.15, 0.2) is 97.1 Å². The van der Waals surface area contributed by atoms with Gasteiger partial charge in [0.05, 0.1) is 0 Å². The molecule has 0 saturated heterocycles. The topological polar surface area (TPSA) is 109 Å². The number of H-pyrrole nitrogens is 2. The number of aromatic amines is 2. The fourth-order valence-electron chi connectivity index (χ4n) is 5.59. The molecule has 2 aliphatic rings. The largest absolute Gasteiger partial charge is 0.324 e. The molecule has 0 spiro atoms. The van der Waals surface area contributed by atoms with Crippen molar-refractivity contribution < 1.29 is 0 Å². The van der Waals surface area contributed by atoms with Gasteiger partial charge in [-0.1, -0.05) is 97.1 Å². The summed E-state index contributed by atoms with van der Waals surface area (Å²) in [6.45, 7) is 0. The molecule has 2 aliphatic heterocycles. The number of hydrogen-bond acceptors (Lipinski definition) is 6. The molecule has 0 amide bonds. The maximum atomic E-state index is 5.02. The van der Waals surface area contributed by atoms with E-state index in [0.717, 1.165) is 43.8 Å². The number of nitrogens with one attached hydrogen (secondary N) is 2. The van der Waals surface area contributed by atoms with Gasteiger partial charge in [0.1, 0.15) is 22.6 Å². The van der Waals surface area contributed by atoms with E-state index >= 15 is 0 Å². The molecule has 3 aromatic heterocycles. The smallest absolute Gasteiger partial charge is 0.164 e. The minimum absolute atomic E-state index is 0. The Kier molecular flexibility index (Phi) is 5.08. The lowest BCUT2D eigenvalue weighted by atomic mass is 10.1. The van der Waals surface area contributed by atoms with Gasteiger partial charge >= 0.3 is 0 Å². The van der Waals surface area contributed by atoms with E-state index in [9.17, 15) is 0 Å². The minimum atomic E-state index is 0. The number of fused-ring (bicyclic) bond motifs is 20. The predicted molar refractivity (Wildman–Crippen MR) is 167 cm³/mol. The zero-order valence-electron chi connectivity index (χ0n) is 21.6. The highest BCUT2D eigenvalue weighted by molar-refractivity contribution is 6.92. The molecule has 9 rings (SSSR count). The molecular formula is C32H21N8P. The summed E-state index contributed by atoms with van der Waals surface area (Å²) in [7, 11) is 0. The number of aromatic nitrogens is 8. The van der Waals surface area contributed by atoms with E-state index in [1.807, 2.05) is 97.1 Å². The summed E-state index contributed by atoms with van der Waals surface area (Å²) in [5.74, 6) is 2.39. The van der Waals surface area contributed by atoms with Crippen molar-refractivity contribution >= 4 is 54.0 Å². The standard InChI is InChI=1S/C32H18N8.H3P/c1-2-10-18-17(9-1)25-33-26(18)38-28-21-13-5-6-14-22(21)30(35-28)40-32-24-16-8-7-15-23(24)31(36-32)39-29-20-12-4-3-11-19(20)27(34-29)37-25;/h1-16H,(H2,33,34,35,36,37,38,39,40);1H3. The Bertz CT molecular complexity index is 2030. The van der Waals surface area contributed by atoms with E-state index in [2.05, 4.69) is 9.97 Å². The highest BCUT2D eigenvalue weighted by Crippen LogP contribution is 2.36. The maximum Gasteiger partial charge on any atom is 0.164 e. The molecule has 1 atom stereocenters. The Labute approximate surface area is 236 Å². The van der Waals surface area contributed by atoms with Crippen LogP contribution in [0.5, 0.6) is 0 Å². The Morgan fingerprint density at radius 1 is 0.317 bits per heavy atom. The Balaban J connectivity index is 0.00000256. The Morgan fingerprint density at radius 3 is 0.829 bits per heavy atom. The SMILES string of the molecule is P.c1ccc2c(c1)-c1nc-2nc2[nH]c(nc3nc(nc4[nH]c(n1)c1ccccc41)-c1ccccc1-3)c1ccccc21. The van der Waals surface area contributed by atoms with Gasteiger partial charge in [0.2, 0.25) is 0 Å². The van der Waals surface area contributed by atoms with Crippen molar-refractivity contribution in [1.82, 2.24) is 39.9 Å². The van der Waals surface area contributed by atoms with E-state index in [1.165, 1.54) is 0 Å². The number of nitrogens with zero attached hydrogens (tertiary/aromatic N) is 6. The van der Waals surface area contributed by atoms with Crippen molar-refractivity contribution in [2.24, 2.45) is 0 Å². The van der Waals surface area contributed by atoms with Crippen LogP contribution in [0.1, 0.15) is 0 Å². The highest BCUT2D eigenvalue weighted by Gasteiger charge is 2.21. The second kappa shape index (κ2) is 8.84. The van der Waals surface area contributed by atoms with Gasteiger partial charge in [0.15, 0.2) is 23.3 Å². The van der Waals surface area contributed by atoms with Crippen LogP contribution in [0, 0.1) is 0 Å². The van der Waals surface area contributed by atoms with Gasteiger partial charge in [-0.3, -0.25) is 0 Å². The zero-order valence-corrected chi connectivity index (χ0v) is 23.0. The summed E-state index contributed by atoms with van der Waals surface area (Å²) in [6.07, 6.45) is 0. The molecule has 194 valence electrons. The molecule has 2 N–H and O–H groups in total. The normalized spacial score (nSPS) is 11.7. The summed E-state index contributed by atoms with van der Waals surface area (Å²) >= 11 is 0. The summed E-state index contributed by atoms with van der Waals surface area (Å²) in [5.41, 5.74) is 6.45. The second-order valence-electron chi connectivity index (χ2n) is 9.79. The average Bonchev–Trinajstić information content (AvgIpc) is 3.73. The summed E-state index contributed by atoms with van der Waals surface area (Å²) < 4.78 is 0. The Morgan fingerprint density at radius 2 is 0.561 bits per heavy atom. The van der Waals surface area contributed by atoms with Crippen molar-refractivity contribution in [3.05, 3.63) is 97.1 Å². The van der Waals surface area contributed by atoms with Gasteiger partial charge in [0, 0.05) is 43.8 Å². The monoisotopic (exact) mass is 548 g/mol. The molecule has 7 aromatic rings. The molecule has 0 aliphatic carbocycles. The molecule has 8 bridgehead atoms. The first-order valence-electron chi connectivity index (χ1n) is 13.0. The number of hydrogen-bond donors (Lipinski definition) is 2. The highest BCUT2D eigenvalue weighted by atomic mass is 31.0. The first-order chi connectivity index (χ1) is 19.8. The zero-order chi connectivity index (χ0) is 26.2. The number of rotatable bonds is 0. The fraction of sp³-hybridized carbons (Fsp3) is 0. The van der Waals surface area contributed by atoms with Crippen LogP contribution in [0.25, 0.3) is 89.7 Å². The van der Waals surface area contributed by atoms with Crippen molar-refractivity contribution in [2.45, 2.75) is 0 Å². The quantitative estimate of drug-likeness (QED) is 0.199. The van der Waals surface area contributed by atoms with E-state index in [0.29, 0.717) is 45.9 Å². The van der Waals surface area contributed by atoms with Crippen LogP contribution in [0.2, 0.25) is 0 Å². The van der Waals surface area contributed by atoms with Gasteiger partial charge in [-0.2, -0.15) is 9.90 Å². The van der Waals surface area contributed by atoms with Gasteiger partial charge in [-0.15, -0.1) is 0 Å². The van der Waals surface area contributed by atoms with Crippen LogP contribution in [0.3, 0.4) is 0 Å². The molecule has 4 aromatic carbocycles. The average molecular weight is 549 g/mol. The van der Waals surface area contributed by atoms with Crippen molar-refractivity contribution in [3.8, 4) is 45.6 Å². The third kappa shape index (κ3) is 3.51. The summed E-state index contributed by atoms with van der Waals surface area (Å²) in [4.78, 5) is 36.8. The maximum absolute atomic E-state index is 5.02. The van der Waals surface area contributed by atoms with E-state index in [1.54, 1.807) is 0 Å². The molecule has 0 saturated carbocycles. The molecule has 5 heterocycles. The van der Waals surface area contributed by atoms with Crippen LogP contribution < -0.4 is 0 Å². The third-order valence-electron chi connectivity index (χ3n) is 7.46. The number of benzene rings is 4. The van der Waals surface area contributed by atoms with Crippen LogP contribution >= 0.6 is 9.90 Å². The molecule has 8 nitrogen and oxygen atoms in total. The van der Waals surface area contributed by atoms with Crippen LogP contribution in [-0.4, -0.2) is 39.9 Å². The summed E-state index contributed by atoms with van der Waals surface area (Å²) in [5, 5.41) is 3.82. The van der Waals surface area contributed by atoms with Crippen LogP contribution in [-0.2, 0) is 0 Å². The predicted octanol–water partition coefficient (Wildman–Crippen LogP) is 6.93. The molecule has 41 heavy (non-hydrogen) atoms.